The van der Waals surface area contributed by atoms with Crippen molar-refractivity contribution in [3.8, 4) is 28.7 Å². The highest BCUT2D eigenvalue weighted by Gasteiger charge is 2.28. The molecule has 45 heavy (non-hydrogen) atoms. The van der Waals surface area contributed by atoms with Crippen LogP contribution in [0.15, 0.2) is 36.4 Å². The summed E-state index contributed by atoms with van der Waals surface area (Å²) >= 11 is 0. The van der Waals surface area contributed by atoms with Crippen LogP contribution in [0.25, 0.3) is 6.08 Å². The molecule has 2 aromatic carbocycles. The number of aromatic hydroxyl groups is 1. The van der Waals surface area contributed by atoms with Gasteiger partial charge in [0.2, 0.25) is 5.75 Å². The lowest BCUT2D eigenvalue weighted by atomic mass is 10.1. The van der Waals surface area contributed by atoms with Gasteiger partial charge in [-0.15, -0.1) is 0 Å². The molecule has 4 atom stereocenters. The van der Waals surface area contributed by atoms with E-state index in [2.05, 4.69) is 0 Å². The van der Waals surface area contributed by atoms with E-state index in [0.29, 0.717) is 55.0 Å². The Labute approximate surface area is 264 Å². The molecule has 2 aromatic rings. The number of rotatable bonds is 11. The zero-order valence-electron chi connectivity index (χ0n) is 25.8. The van der Waals surface area contributed by atoms with Crippen molar-refractivity contribution in [2.24, 2.45) is 0 Å². The second kappa shape index (κ2) is 15.8. The molecule has 0 saturated carbocycles. The predicted octanol–water partition coefficient (Wildman–Crippen LogP) is 6.91. The van der Waals surface area contributed by atoms with Gasteiger partial charge in [0.05, 0.1) is 32.0 Å². The molecule has 10 heteroatoms. The quantitative estimate of drug-likeness (QED) is 0.209. The van der Waals surface area contributed by atoms with Crippen LogP contribution in [0.3, 0.4) is 0 Å². The smallest absolute Gasteiger partial charge is 0.207 e. The highest BCUT2D eigenvalue weighted by molar-refractivity contribution is 6.08. The van der Waals surface area contributed by atoms with Crippen LogP contribution in [-0.4, -0.2) is 62.5 Å². The van der Waals surface area contributed by atoms with Crippen LogP contribution in [0, 0.1) is 0 Å². The van der Waals surface area contributed by atoms with Crippen LogP contribution in [0.2, 0.25) is 0 Å². The van der Waals surface area contributed by atoms with Crippen molar-refractivity contribution in [3.05, 3.63) is 47.5 Å². The highest BCUT2D eigenvalue weighted by Crippen LogP contribution is 2.44. The standard InChI is InChI=1S/C35H44O10/c36-27(26-16-15-25(23-28(26)37)42-30-9-1-5-19-38-30)17-13-24-14-18-29(43-31-10-2-6-20-39-31)35(45-33-12-4-8-22-41-33)34(24)44-32-11-3-7-21-40-32/h13-18,23,30-33,37H,1-12,19-22H2. The molecule has 4 heterocycles. The third-order valence-electron chi connectivity index (χ3n) is 8.33. The number of carbonyl (C=O) groups is 1. The Bertz CT molecular complexity index is 1290. The predicted molar refractivity (Wildman–Crippen MR) is 165 cm³/mol. The molecular formula is C35H44O10. The molecule has 4 aliphatic heterocycles. The first-order chi connectivity index (χ1) is 22.1. The molecule has 1 N–H and O–H groups in total. The fourth-order valence-corrected chi connectivity index (χ4v) is 5.84. The van der Waals surface area contributed by atoms with E-state index in [-0.39, 0.29) is 23.4 Å². The zero-order valence-corrected chi connectivity index (χ0v) is 25.8. The lowest BCUT2D eigenvalue weighted by Gasteiger charge is -2.30. The van der Waals surface area contributed by atoms with Gasteiger partial charge in [-0.3, -0.25) is 4.79 Å². The summed E-state index contributed by atoms with van der Waals surface area (Å²) in [4.78, 5) is 13.3. The summed E-state index contributed by atoms with van der Waals surface area (Å²) in [6, 6.07) is 8.32. The van der Waals surface area contributed by atoms with Gasteiger partial charge in [0, 0.05) is 37.3 Å². The maximum atomic E-state index is 13.3. The Balaban J connectivity index is 1.27. The van der Waals surface area contributed by atoms with Crippen molar-refractivity contribution >= 4 is 11.9 Å². The van der Waals surface area contributed by atoms with Crippen molar-refractivity contribution in [3.63, 3.8) is 0 Å². The number of hydrogen-bond donors (Lipinski definition) is 1. The lowest BCUT2D eigenvalue weighted by molar-refractivity contribution is -0.126. The molecule has 0 radical (unpaired) electrons. The molecule has 0 aromatic heterocycles. The van der Waals surface area contributed by atoms with Gasteiger partial charge in [-0.25, -0.2) is 0 Å². The molecule has 4 saturated heterocycles. The summed E-state index contributed by atoms with van der Waals surface area (Å²) in [5, 5.41) is 10.7. The summed E-state index contributed by atoms with van der Waals surface area (Å²) in [5.41, 5.74) is 0.761. The number of ketones is 1. The van der Waals surface area contributed by atoms with Gasteiger partial charge in [-0.1, -0.05) is 0 Å². The van der Waals surface area contributed by atoms with E-state index in [0.717, 1.165) is 77.0 Å². The average molecular weight is 625 g/mol. The van der Waals surface area contributed by atoms with Crippen LogP contribution >= 0.6 is 0 Å². The van der Waals surface area contributed by atoms with Crippen molar-refractivity contribution < 1.29 is 47.8 Å². The molecule has 0 aliphatic carbocycles. The maximum Gasteiger partial charge on any atom is 0.207 e. The summed E-state index contributed by atoms with van der Waals surface area (Å²) in [6.45, 7) is 2.51. The van der Waals surface area contributed by atoms with Crippen LogP contribution < -0.4 is 18.9 Å². The van der Waals surface area contributed by atoms with Gasteiger partial charge in [0.15, 0.2) is 42.4 Å². The number of carbonyl (C=O) groups excluding carboxylic acids is 1. The number of hydrogen-bond acceptors (Lipinski definition) is 10. The van der Waals surface area contributed by atoms with E-state index in [1.54, 1.807) is 18.2 Å². The molecular weight excluding hydrogens is 580 g/mol. The Morgan fingerprint density at radius 3 is 1.71 bits per heavy atom. The van der Waals surface area contributed by atoms with Gasteiger partial charge in [0.1, 0.15) is 11.5 Å². The average Bonchev–Trinajstić information content (AvgIpc) is 3.07. The maximum absolute atomic E-state index is 13.3. The van der Waals surface area contributed by atoms with Crippen molar-refractivity contribution in [2.75, 3.05) is 26.4 Å². The number of allylic oxidation sites excluding steroid dienone is 1. The minimum Gasteiger partial charge on any atom is -0.507 e. The van der Waals surface area contributed by atoms with Crippen molar-refractivity contribution in [1.29, 1.82) is 0 Å². The fraction of sp³-hybridized carbons (Fsp3) is 0.571. The van der Waals surface area contributed by atoms with Crippen LogP contribution in [-0.2, 0) is 18.9 Å². The first-order valence-corrected chi connectivity index (χ1v) is 16.5. The number of phenols is 1. The normalized spacial score (nSPS) is 25.9. The van der Waals surface area contributed by atoms with E-state index < -0.39 is 18.9 Å². The van der Waals surface area contributed by atoms with Crippen molar-refractivity contribution in [1.82, 2.24) is 0 Å². The minimum absolute atomic E-state index is 0.155. The van der Waals surface area contributed by atoms with Gasteiger partial charge in [0.25, 0.3) is 0 Å². The Hall–Kier alpha value is -3.31. The van der Waals surface area contributed by atoms with E-state index in [4.69, 9.17) is 37.9 Å². The van der Waals surface area contributed by atoms with E-state index in [1.807, 2.05) is 12.1 Å². The van der Waals surface area contributed by atoms with Gasteiger partial charge >= 0.3 is 0 Å². The molecule has 0 bridgehead atoms. The SMILES string of the molecule is O=C(C=Cc1ccc(OC2CCCCO2)c(OC2CCCCO2)c1OC1CCCCO1)c1ccc(OC2CCCCO2)cc1O. The third kappa shape index (κ3) is 8.70. The van der Waals surface area contributed by atoms with Gasteiger partial charge in [-0.05, 0) is 87.8 Å². The minimum atomic E-state index is -0.470. The van der Waals surface area contributed by atoms with Gasteiger partial charge < -0.3 is 43.0 Å². The summed E-state index contributed by atoms with van der Waals surface area (Å²) < 4.78 is 48.4. The van der Waals surface area contributed by atoms with Crippen LogP contribution in [0.1, 0.15) is 93.0 Å². The topological polar surface area (TPSA) is 111 Å². The lowest BCUT2D eigenvalue weighted by Crippen LogP contribution is -2.29. The fourth-order valence-electron chi connectivity index (χ4n) is 5.84. The molecule has 244 valence electrons. The molecule has 4 fully saturated rings. The second-order valence-electron chi connectivity index (χ2n) is 11.8. The highest BCUT2D eigenvalue weighted by atomic mass is 16.7. The second-order valence-corrected chi connectivity index (χ2v) is 11.8. The Morgan fingerprint density at radius 2 is 1.18 bits per heavy atom. The van der Waals surface area contributed by atoms with E-state index >= 15 is 0 Å². The number of ether oxygens (including phenoxy) is 8. The van der Waals surface area contributed by atoms with Crippen LogP contribution in [0.5, 0.6) is 28.7 Å². The summed E-state index contributed by atoms with van der Waals surface area (Å²) in [5.74, 6) is 1.21. The van der Waals surface area contributed by atoms with Crippen molar-refractivity contribution in [2.45, 2.75) is 102 Å². The van der Waals surface area contributed by atoms with Crippen LogP contribution in [0.4, 0.5) is 0 Å². The molecule has 10 nitrogen and oxygen atoms in total. The largest absolute Gasteiger partial charge is 0.507 e. The molecule has 4 aliphatic rings. The zero-order chi connectivity index (χ0) is 30.8. The monoisotopic (exact) mass is 624 g/mol. The molecule has 0 amide bonds. The third-order valence-corrected chi connectivity index (χ3v) is 8.33. The summed E-state index contributed by atoms with van der Waals surface area (Å²) in [6.07, 6.45) is 12.4. The number of benzene rings is 2. The van der Waals surface area contributed by atoms with E-state index in [1.165, 1.54) is 12.1 Å². The molecule has 4 unspecified atom stereocenters. The first-order valence-electron chi connectivity index (χ1n) is 16.5. The van der Waals surface area contributed by atoms with E-state index in [9.17, 15) is 9.90 Å². The molecule has 0 spiro atoms. The molecule has 6 rings (SSSR count). The summed E-state index contributed by atoms with van der Waals surface area (Å²) in [7, 11) is 0. The van der Waals surface area contributed by atoms with Gasteiger partial charge in [-0.2, -0.15) is 0 Å². The number of phenolic OH excluding ortho intramolecular Hbond substituents is 1. The first kappa shape index (κ1) is 31.7. The Kier molecular flexibility index (Phi) is 11.1. The Morgan fingerprint density at radius 1 is 0.644 bits per heavy atom.